The van der Waals surface area contributed by atoms with Crippen LogP contribution in [0.1, 0.15) is 5.56 Å². The molecule has 0 fully saturated rings. The summed E-state index contributed by atoms with van der Waals surface area (Å²) in [6.07, 6.45) is 0. The molecule has 0 spiro atoms. The monoisotopic (exact) mass is 353 g/mol. The van der Waals surface area contributed by atoms with Gasteiger partial charge in [0.1, 0.15) is 5.75 Å². The minimum absolute atomic E-state index is 0.0145. The first kappa shape index (κ1) is 15.2. The SMILES string of the molecule is O=[N+]([O-])c1cccc(C2=CSc3nnc(-c4ccccc4O)n3N2)c1. The van der Waals surface area contributed by atoms with E-state index < -0.39 is 4.92 Å². The van der Waals surface area contributed by atoms with Gasteiger partial charge in [-0.3, -0.25) is 15.5 Å². The summed E-state index contributed by atoms with van der Waals surface area (Å²) in [6.45, 7) is 0. The van der Waals surface area contributed by atoms with Gasteiger partial charge in [-0.05, 0) is 12.1 Å². The number of thioether (sulfide) groups is 1. The number of fused-ring (bicyclic) bond motifs is 1. The topological polar surface area (TPSA) is 106 Å². The zero-order valence-electron chi connectivity index (χ0n) is 12.7. The first-order valence-corrected chi connectivity index (χ1v) is 8.14. The lowest BCUT2D eigenvalue weighted by Gasteiger charge is -2.19. The predicted octanol–water partition coefficient (Wildman–Crippen LogP) is 3.21. The maximum Gasteiger partial charge on any atom is 0.270 e. The van der Waals surface area contributed by atoms with E-state index in [1.54, 1.807) is 41.1 Å². The largest absolute Gasteiger partial charge is 0.507 e. The van der Waals surface area contributed by atoms with Crippen molar-refractivity contribution in [1.29, 1.82) is 0 Å². The van der Waals surface area contributed by atoms with Crippen LogP contribution >= 0.6 is 11.8 Å². The molecule has 0 amide bonds. The molecule has 1 aliphatic rings. The minimum atomic E-state index is -0.433. The fourth-order valence-corrected chi connectivity index (χ4v) is 3.20. The van der Waals surface area contributed by atoms with Crippen LogP contribution in [-0.4, -0.2) is 24.9 Å². The predicted molar refractivity (Wildman–Crippen MR) is 93.4 cm³/mol. The van der Waals surface area contributed by atoms with Crippen molar-refractivity contribution < 1.29 is 10.0 Å². The molecule has 8 nitrogen and oxygen atoms in total. The molecule has 0 atom stereocenters. The highest BCUT2D eigenvalue weighted by molar-refractivity contribution is 8.02. The smallest absolute Gasteiger partial charge is 0.270 e. The molecule has 0 saturated heterocycles. The quantitative estimate of drug-likeness (QED) is 0.550. The van der Waals surface area contributed by atoms with Crippen LogP contribution in [0.25, 0.3) is 17.1 Å². The van der Waals surface area contributed by atoms with Crippen molar-refractivity contribution in [2.75, 3.05) is 5.43 Å². The average molecular weight is 353 g/mol. The summed E-state index contributed by atoms with van der Waals surface area (Å²) in [7, 11) is 0. The zero-order chi connectivity index (χ0) is 17.4. The van der Waals surface area contributed by atoms with E-state index in [-0.39, 0.29) is 11.4 Å². The second kappa shape index (κ2) is 5.95. The van der Waals surface area contributed by atoms with Crippen LogP contribution in [0.15, 0.2) is 59.1 Å². The molecular weight excluding hydrogens is 342 g/mol. The van der Waals surface area contributed by atoms with E-state index in [9.17, 15) is 15.2 Å². The number of hydrogen-bond acceptors (Lipinski definition) is 7. The molecule has 1 aliphatic heterocycles. The van der Waals surface area contributed by atoms with Crippen LogP contribution in [0.2, 0.25) is 0 Å². The number of non-ortho nitro benzene ring substituents is 1. The highest BCUT2D eigenvalue weighted by Crippen LogP contribution is 2.34. The molecule has 9 heteroatoms. The number of para-hydroxylation sites is 1. The van der Waals surface area contributed by atoms with Crippen molar-refractivity contribution in [2.24, 2.45) is 0 Å². The normalized spacial score (nSPS) is 12.9. The Kier molecular flexibility index (Phi) is 3.62. The molecule has 0 aliphatic carbocycles. The highest BCUT2D eigenvalue weighted by Gasteiger charge is 2.21. The van der Waals surface area contributed by atoms with Crippen LogP contribution < -0.4 is 5.43 Å². The fourth-order valence-electron chi connectivity index (χ4n) is 2.46. The number of rotatable bonds is 3. The van der Waals surface area contributed by atoms with Gasteiger partial charge in [0.25, 0.3) is 5.69 Å². The van der Waals surface area contributed by atoms with Crippen molar-refractivity contribution in [1.82, 2.24) is 14.9 Å². The molecule has 2 N–H and O–H groups in total. The Morgan fingerprint density at radius 2 is 2.00 bits per heavy atom. The second-order valence-corrected chi connectivity index (χ2v) is 6.06. The molecule has 4 rings (SSSR count). The molecule has 25 heavy (non-hydrogen) atoms. The van der Waals surface area contributed by atoms with E-state index >= 15 is 0 Å². The maximum atomic E-state index is 11.0. The number of aromatic hydroxyl groups is 1. The van der Waals surface area contributed by atoms with Crippen LogP contribution in [0.5, 0.6) is 5.75 Å². The summed E-state index contributed by atoms with van der Waals surface area (Å²) < 4.78 is 1.65. The van der Waals surface area contributed by atoms with Gasteiger partial charge >= 0.3 is 0 Å². The number of benzene rings is 2. The Labute approximate surface area is 145 Å². The van der Waals surface area contributed by atoms with E-state index in [0.717, 1.165) is 0 Å². The molecule has 1 aromatic heterocycles. The van der Waals surface area contributed by atoms with Crippen molar-refractivity contribution in [3.63, 3.8) is 0 Å². The lowest BCUT2D eigenvalue weighted by Crippen LogP contribution is -2.18. The molecule has 124 valence electrons. The van der Waals surface area contributed by atoms with E-state index in [1.807, 2.05) is 5.41 Å². The molecule has 2 aromatic carbocycles. The van der Waals surface area contributed by atoms with Gasteiger partial charge < -0.3 is 5.11 Å². The molecule has 0 radical (unpaired) electrons. The van der Waals surface area contributed by atoms with E-state index in [2.05, 4.69) is 15.6 Å². The Hall–Kier alpha value is -3.33. The summed E-state index contributed by atoms with van der Waals surface area (Å²) in [5.74, 6) is 0.549. The fraction of sp³-hybridized carbons (Fsp3) is 0. The van der Waals surface area contributed by atoms with Crippen molar-refractivity contribution in [2.45, 2.75) is 5.16 Å². The van der Waals surface area contributed by atoms with E-state index in [0.29, 0.717) is 27.8 Å². The standard InChI is InChI=1S/C16H11N5O3S/c22-14-7-2-1-6-12(14)15-17-18-16-20(15)19-13(9-25-16)10-4-3-5-11(8-10)21(23)24/h1-9,19,22H. The lowest BCUT2D eigenvalue weighted by atomic mass is 10.1. The van der Waals surface area contributed by atoms with Crippen LogP contribution in [-0.2, 0) is 0 Å². The Balaban J connectivity index is 1.72. The number of hydrogen-bond donors (Lipinski definition) is 2. The van der Waals surface area contributed by atoms with Crippen molar-refractivity contribution in [3.05, 3.63) is 69.6 Å². The lowest BCUT2D eigenvalue weighted by molar-refractivity contribution is -0.384. The van der Waals surface area contributed by atoms with Crippen LogP contribution in [0, 0.1) is 10.1 Å². The average Bonchev–Trinajstić information content (AvgIpc) is 3.05. The summed E-state index contributed by atoms with van der Waals surface area (Å²) in [5.41, 5.74) is 5.05. The van der Waals surface area contributed by atoms with Gasteiger partial charge in [-0.25, -0.2) is 4.68 Å². The number of nitrogens with zero attached hydrogens (tertiary/aromatic N) is 4. The van der Waals surface area contributed by atoms with Crippen LogP contribution in [0.3, 0.4) is 0 Å². The molecule has 0 saturated carbocycles. The summed E-state index contributed by atoms with van der Waals surface area (Å²) in [5, 5.41) is 31.7. The third-order valence-electron chi connectivity index (χ3n) is 3.66. The third-order valence-corrected chi connectivity index (χ3v) is 4.49. The first-order chi connectivity index (χ1) is 12.1. The first-order valence-electron chi connectivity index (χ1n) is 7.26. The van der Waals surface area contributed by atoms with Gasteiger partial charge in [0.05, 0.1) is 16.2 Å². The minimum Gasteiger partial charge on any atom is -0.507 e. The van der Waals surface area contributed by atoms with Crippen molar-refractivity contribution in [3.8, 4) is 17.1 Å². The zero-order valence-corrected chi connectivity index (χ0v) is 13.5. The third kappa shape index (κ3) is 2.70. The number of nitro benzene ring substituents is 1. The van der Waals surface area contributed by atoms with Gasteiger partial charge in [-0.15, -0.1) is 10.2 Å². The number of nitro groups is 1. The maximum absolute atomic E-state index is 11.0. The van der Waals surface area contributed by atoms with Crippen molar-refractivity contribution >= 4 is 23.1 Å². The van der Waals surface area contributed by atoms with E-state index in [4.69, 9.17) is 0 Å². The van der Waals surface area contributed by atoms with Gasteiger partial charge in [-0.1, -0.05) is 36.0 Å². The van der Waals surface area contributed by atoms with Gasteiger partial charge in [0.2, 0.25) is 5.16 Å². The number of phenols is 1. The number of phenolic OH excluding ortho intramolecular Hbond substituents is 1. The Morgan fingerprint density at radius 3 is 2.80 bits per heavy atom. The van der Waals surface area contributed by atoms with Gasteiger partial charge in [-0.2, -0.15) is 0 Å². The summed E-state index contributed by atoms with van der Waals surface area (Å²) in [6, 6.07) is 13.2. The molecule has 0 bridgehead atoms. The summed E-state index contributed by atoms with van der Waals surface area (Å²) >= 11 is 1.34. The molecule has 3 aromatic rings. The number of aromatic nitrogens is 3. The van der Waals surface area contributed by atoms with Gasteiger partial charge in [0, 0.05) is 23.1 Å². The number of nitrogens with one attached hydrogen (secondary N) is 1. The van der Waals surface area contributed by atoms with Gasteiger partial charge in [0.15, 0.2) is 5.82 Å². The molecule has 0 unspecified atom stereocenters. The highest BCUT2D eigenvalue weighted by atomic mass is 32.2. The molecule has 2 heterocycles. The summed E-state index contributed by atoms with van der Waals surface area (Å²) in [4.78, 5) is 10.5. The molecular formula is C16H11N5O3S. The Morgan fingerprint density at radius 1 is 1.16 bits per heavy atom. The Bertz CT molecular complexity index is 1010. The van der Waals surface area contributed by atoms with Crippen LogP contribution in [0.4, 0.5) is 5.69 Å². The van der Waals surface area contributed by atoms with E-state index in [1.165, 1.54) is 23.9 Å². The second-order valence-electron chi connectivity index (χ2n) is 5.23.